The van der Waals surface area contributed by atoms with E-state index < -0.39 is 73.4 Å². The summed E-state index contributed by atoms with van der Waals surface area (Å²) in [5, 5.41) is 0.726. The Labute approximate surface area is 353 Å². The summed E-state index contributed by atoms with van der Waals surface area (Å²) in [4.78, 5) is 11.6. The van der Waals surface area contributed by atoms with Crippen molar-refractivity contribution in [1.82, 2.24) is 0 Å². The maximum absolute atomic E-state index is 14.9. The molecule has 1 fully saturated rings. The maximum Gasteiger partial charge on any atom is 0.242 e. The first-order chi connectivity index (χ1) is 27.1. The van der Waals surface area contributed by atoms with Gasteiger partial charge in [-0.15, -0.1) is 0 Å². The van der Waals surface area contributed by atoms with Crippen molar-refractivity contribution in [2.24, 2.45) is 5.92 Å². The fourth-order valence-electron chi connectivity index (χ4n) is 6.78. The van der Waals surface area contributed by atoms with Crippen molar-refractivity contribution in [3.05, 3.63) is 148 Å². The number of carbonyl (C=O) groups excluding carboxylic acids is 1. The number of benzene rings is 4. The molecule has 59 heavy (non-hydrogen) atoms. The fraction of sp³-hybridized carbons (Fsp3) is 0.262. The minimum atomic E-state index is -4.17. The van der Waals surface area contributed by atoms with Gasteiger partial charge in [-0.2, -0.15) is 0 Å². The maximum atomic E-state index is 14.9. The highest BCUT2D eigenvalue weighted by Gasteiger charge is 2.59. The van der Waals surface area contributed by atoms with Crippen molar-refractivity contribution < 1.29 is 53.1 Å². The molecule has 316 valence electrons. The van der Waals surface area contributed by atoms with Gasteiger partial charge >= 0.3 is 0 Å². The number of fused-ring (bicyclic) bond motifs is 4. The predicted octanol–water partition coefficient (Wildman–Crippen LogP) is 11.0. The van der Waals surface area contributed by atoms with Gasteiger partial charge in [-0.05, 0) is 111 Å². The number of ketones is 1. The highest BCUT2D eigenvalue weighted by Crippen LogP contribution is 2.56. The SMILES string of the molecule is C.C=CC(=C)O[Si](C)(C)C.O=C1CC[C@@]2(S(=O)(=O)c3ccc(Cl)cc3)c3c(F)ccc(F)c3OC[C@H]2C1.O=S(=O)(C1=CCOc2c(F)ccc(F)c21)c1ccc(Cl)cc1. The quantitative estimate of drug-likeness (QED) is 0.0780. The Morgan fingerprint density at radius 2 is 1.34 bits per heavy atom. The summed E-state index contributed by atoms with van der Waals surface area (Å²) in [6.07, 6.45) is 2.63. The summed E-state index contributed by atoms with van der Waals surface area (Å²) in [5.74, 6) is -4.38. The third-order valence-corrected chi connectivity index (χ3v) is 15.1. The Hall–Kier alpha value is -4.41. The molecular weight excluding hydrogens is 872 g/mol. The van der Waals surface area contributed by atoms with Crippen LogP contribution in [0.1, 0.15) is 37.8 Å². The van der Waals surface area contributed by atoms with Crippen LogP contribution in [-0.4, -0.2) is 44.1 Å². The highest BCUT2D eigenvalue weighted by atomic mass is 35.5. The number of halogens is 6. The molecule has 3 aliphatic rings. The number of hydrogen-bond donors (Lipinski definition) is 0. The molecule has 7 rings (SSSR count). The number of Topliss-reactive ketones (excluding diaryl/α,β-unsaturated/α-hetero) is 1. The lowest BCUT2D eigenvalue weighted by atomic mass is 9.72. The van der Waals surface area contributed by atoms with Crippen LogP contribution in [0.15, 0.2) is 114 Å². The summed E-state index contributed by atoms with van der Waals surface area (Å²) in [6.45, 7) is 13.2. The number of ether oxygens (including phenoxy) is 2. The summed E-state index contributed by atoms with van der Waals surface area (Å²) >= 11 is 11.6. The van der Waals surface area contributed by atoms with Crippen molar-refractivity contribution in [2.45, 2.75) is 60.9 Å². The Morgan fingerprint density at radius 3 is 1.88 bits per heavy atom. The molecule has 0 aromatic heterocycles. The van der Waals surface area contributed by atoms with Crippen LogP contribution in [0.2, 0.25) is 29.7 Å². The third-order valence-electron chi connectivity index (χ3n) is 9.30. The molecular formula is C42H42Cl2F4O8S2Si. The zero-order valence-corrected chi connectivity index (χ0v) is 35.6. The highest BCUT2D eigenvalue weighted by molar-refractivity contribution is 8.00. The van der Waals surface area contributed by atoms with Crippen LogP contribution in [0, 0.1) is 29.2 Å². The number of carbonyl (C=O) groups is 1. The van der Waals surface area contributed by atoms with Gasteiger partial charge in [-0.3, -0.25) is 4.79 Å². The van der Waals surface area contributed by atoms with Crippen LogP contribution < -0.4 is 9.47 Å². The zero-order valence-electron chi connectivity index (χ0n) is 31.5. The largest absolute Gasteiger partial charge is 0.545 e. The summed E-state index contributed by atoms with van der Waals surface area (Å²) < 4.78 is 124. The monoisotopic (exact) mass is 912 g/mol. The van der Waals surface area contributed by atoms with E-state index in [2.05, 4.69) is 32.8 Å². The molecule has 0 spiro atoms. The minimum Gasteiger partial charge on any atom is -0.545 e. The molecule has 0 unspecified atom stereocenters. The molecule has 17 heteroatoms. The molecule has 0 amide bonds. The van der Waals surface area contributed by atoms with Gasteiger partial charge in [0.15, 0.2) is 33.0 Å². The molecule has 2 aliphatic heterocycles. The molecule has 0 bridgehead atoms. The Balaban J connectivity index is 0.000000217. The van der Waals surface area contributed by atoms with E-state index in [1.54, 1.807) is 6.08 Å². The van der Waals surface area contributed by atoms with Crippen LogP contribution in [0.3, 0.4) is 0 Å². The fourth-order valence-corrected chi connectivity index (χ4v) is 11.7. The third kappa shape index (κ3) is 9.81. The van der Waals surface area contributed by atoms with Crippen LogP contribution in [0.5, 0.6) is 11.5 Å². The lowest BCUT2D eigenvalue weighted by Crippen LogP contribution is -2.52. The molecule has 0 N–H and O–H groups in total. The molecule has 2 atom stereocenters. The van der Waals surface area contributed by atoms with Crippen LogP contribution in [0.4, 0.5) is 17.6 Å². The van der Waals surface area contributed by atoms with E-state index in [-0.39, 0.29) is 71.5 Å². The molecule has 4 aromatic rings. The minimum absolute atomic E-state index is 0. The summed E-state index contributed by atoms with van der Waals surface area (Å²) in [7, 11) is -9.60. The first kappa shape index (κ1) is 47.3. The smallest absolute Gasteiger partial charge is 0.242 e. The van der Waals surface area contributed by atoms with E-state index >= 15 is 0 Å². The second kappa shape index (κ2) is 18.5. The van der Waals surface area contributed by atoms with Gasteiger partial charge in [0, 0.05) is 28.8 Å². The molecule has 4 aromatic carbocycles. The molecule has 0 saturated heterocycles. The van der Waals surface area contributed by atoms with E-state index in [0.717, 1.165) is 24.3 Å². The van der Waals surface area contributed by atoms with Crippen molar-refractivity contribution in [3.8, 4) is 11.5 Å². The Morgan fingerprint density at radius 1 is 0.814 bits per heavy atom. The second-order valence-corrected chi connectivity index (χ2v) is 23.7. The van der Waals surface area contributed by atoms with Gasteiger partial charge in [-0.1, -0.05) is 43.8 Å². The topological polar surface area (TPSA) is 113 Å². The normalized spacial score (nSPS) is 18.2. The van der Waals surface area contributed by atoms with E-state index in [1.165, 1.54) is 54.6 Å². The number of rotatable bonds is 7. The standard InChI is InChI=1S/C19H15ClF2O4S.C15H9ClF2O3S.C7H14OSi.CH4/c20-12-1-3-14(4-2-12)27(24,25)19-8-7-13(23)9-11(19)10-26-18-16(22)6-5-15(21)17(18)19;16-9-1-3-10(4-2-9)22(19,20)13-7-8-21-15-12(18)6-5-11(17)14(13)15;1-6-7(2)8-9(3,4)5;/h1-6,11H,7-10H2;1-7H,8H2;6H,1-2H2,3-5H3;1H4/t11-,19+;;;/m1.../s1. The van der Waals surface area contributed by atoms with Gasteiger partial charge < -0.3 is 13.9 Å². The molecule has 0 radical (unpaired) electrons. The molecule has 2 heterocycles. The van der Waals surface area contributed by atoms with Crippen molar-refractivity contribution in [3.63, 3.8) is 0 Å². The number of allylic oxidation sites excluding steroid dienone is 1. The van der Waals surface area contributed by atoms with Crippen molar-refractivity contribution in [1.29, 1.82) is 0 Å². The first-order valence-corrected chi connectivity index (χ1v) is 24.7. The molecule has 8 nitrogen and oxygen atoms in total. The van der Waals surface area contributed by atoms with Gasteiger partial charge in [0.1, 0.15) is 28.8 Å². The van der Waals surface area contributed by atoms with Crippen LogP contribution in [-0.2, 0) is 33.6 Å². The van der Waals surface area contributed by atoms with E-state index in [4.69, 9.17) is 37.1 Å². The zero-order chi connectivity index (χ0) is 42.8. The molecule has 1 saturated carbocycles. The van der Waals surface area contributed by atoms with E-state index in [9.17, 15) is 39.2 Å². The average molecular weight is 914 g/mol. The Kier molecular flexibility index (Phi) is 14.8. The lowest BCUT2D eigenvalue weighted by Gasteiger charge is -2.46. The Bertz CT molecular complexity index is 2510. The van der Waals surface area contributed by atoms with Gasteiger partial charge in [0.05, 0.1) is 38.2 Å². The second-order valence-electron chi connectivity index (χ2n) is 14.3. The van der Waals surface area contributed by atoms with Gasteiger partial charge in [0.25, 0.3) is 0 Å². The van der Waals surface area contributed by atoms with E-state index in [0.29, 0.717) is 15.8 Å². The van der Waals surface area contributed by atoms with Crippen LogP contribution in [0.25, 0.3) is 4.91 Å². The van der Waals surface area contributed by atoms with E-state index in [1.807, 2.05) is 0 Å². The van der Waals surface area contributed by atoms with Gasteiger partial charge in [-0.25, -0.2) is 34.4 Å². The lowest BCUT2D eigenvalue weighted by molar-refractivity contribution is -0.123. The van der Waals surface area contributed by atoms with Gasteiger partial charge in [0.2, 0.25) is 18.2 Å². The molecule has 1 aliphatic carbocycles. The first-order valence-electron chi connectivity index (χ1n) is 17.6. The average Bonchev–Trinajstić information content (AvgIpc) is 3.17. The summed E-state index contributed by atoms with van der Waals surface area (Å²) in [6, 6.07) is 14.6. The van der Waals surface area contributed by atoms with Crippen molar-refractivity contribution in [2.75, 3.05) is 13.2 Å². The van der Waals surface area contributed by atoms with Crippen LogP contribution >= 0.6 is 23.2 Å². The van der Waals surface area contributed by atoms with Crippen molar-refractivity contribution >= 4 is 61.9 Å². The number of sulfone groups is 2. The number of hydrogen-bond acceptors (Lipinski definition) is 8. The summed E-state index contributed by atoms with van der Waals surface area (Å²) in [5.41, 5.74) is -0.706. The predicted molar refractivity (Wildman–Crippen MR) is 223 cm³/mol.